The summed E-state index contributed by atoms with van der Waals surface area (Å²) in [4.78, 5) is 0. The molecule has 1 aromatic rings. The minimum absolute atomic E-state index is 0.837. The van der Waals surface area contributed by atoms with Crippen molar-refractivity contribution in [2.45, 2.75) is 45.6 Å². The van der Waals surface area contributed by atoms with Gasteiger partial charge in [0.1, 0.15) is 0 Å². The Bertz CT molecular complexity index is 425. The maximum Gasteiger partial charge on any atom is 0.150 e. The van der Waals surface area contributed by atoms with E-state index in [1.165, 1.54) is 32.2 Å². The highest BCUT2D eigenvalue weighted by atomic mass is 16.5. The summed E-state index contributed by atoms with van der Waals surface area (Å²) < 4.78 is 5.26. The fourth-order valence-electron chi connectivity index (χ4n) is 5.23. The molecule has 0 atom stereocenters. The molecule has 0 radical (unpaired) electrons. The SMILES string of the molecule is Cc1cc(CNCC2C3CC4CC(C3)CC2C4)on1. The molecule has 4 aliphatic carbocycles. The zero-order valence-electron chi connectivity index (χ0n) is 11.8. The summed E-state index contributed by atoms with van der Waals surface area (Å²) in [5, 5.41) is 7.55. The van der Waals surface area contributed by atoms with E-state index in [0.29, 0.717) is 0 Å². The van der Waals surface area contributed by atoms with Gasteiger partial charge in [0.2, 0.25) is 0 Å². The minimum atomic E-state index is 0.837. The lowest BCUT2D eigenvalue weighted by Gasteiger charge is -2.54. The van der Waals surface area contributed by atoms with Crippen LogP contribution < -0.4 is 5.32 Å². The smallest absolute Gasteiger partial charge is 0.150 e. The van der Waals surface area contributed by atoms with Gasteiger partial charge in [0, 0.05) is 6.07 Å². The summed E-state index contributed by atoms with van der Waals surface area (Å²) in [6.45, 7) is 3.99. The van der Waals surface area contributed by atoms with Crippen LogP contribution in [0.3, 0.4) is 0 Å². The molecule has 3 heteroatoms. The minimum Gasteiger partial charge on any atom is -0.360 e. The van der Waals surface area contributed by atoms with Crippen molar-refractivity contribution in [3.63, 3.8) is 0 Å². The average Bonchev–Trinajstić information content (AvgIpc) is 2.78. The molecule has 0 unspecified atom stereocenters. The average molecular weight is 260 g/mol. The van der Waals surface area contributed by atoms with E-state index < -0.39 is 0 Å². The van der Waals surface area contributed by atoms with E-state index in [4.69, 9.17) is 4.52 Å². The van der Waals surface area contributed by atoms with Crippen molar-refractivity contribution in [3.05, 3.63) is 17.5 Å². The van der Waals surface area contributed by atoms with E-state index >= 15 is 0 Å². The topological polar surface area (TPSA) is 38.1 Å². The van der Waals surface area contributed by atoms with E-state index in [1.54, 1.807) is 6.42 Å². The first-order chi connectivity index (χ1) is 9.28. The first-order valence-corrected chi connectivity index (χ1v) is 7.91. The Morgan fingerprint density at radius 1 is 1.16 bits per heavy atom. The molecular formula is C16H24N2O. The van der Waals surface area contributed by atoms with Crippen LogP contribution in [0.25, 0.3) is 0 Å². The molecule has 0 aliphatic heterocycles. The highest BCUT2D eigenvalue weighted by Gasteiger charge is 2.47. The van der Waals surface area contributed by atoms with E-state index in [2.05, 4.69) is 10.5 Å². The molecular weight excluding hydrogens is 236 g/mol. The van der Waals surface area contributed by atoms with Crippen LogP contribution >= 0.6 is 0 Å². The second-order valence-electron chi connectivity index (χ2n) is 7.16. The van der Waals surface area contributed by atoms with E-state index in [1.807, 2.05) is 13.0 Å². The van der Waals surface area contributed by atoms with Crippen LogP contribution in [-0.4, -0.2) is 11.7 Å². The maximum atomic E-state index is 5.26. The van der Waals surface area contributed by atoms with Gasteiger partial charge in [-0.05, 0) is 75.2 Å². The highest BCUT2D eigenvalue weighted by Crippen LogP contribution is 2.56. The first-order valence-electron chi connectivity index (χ1n) is 7.91. The van der Waals surface area contributed by atoms with Gasteiger partial charge in [0.15, 0.2) is 5.76 Å². The summed E-state index contributed by atoms with van der Waals surface area (Å²) in [5.74, 6) is 6.09. The zero-order valence-corrected chi connectivity index (χ0v) is 11.8. The van der Waals surface area contributed by atoms with Crippen molar-refractivity contribution < 1.29 is 4.52 Å². The summed E-state index contributed by atoms with van der Waals surface area (Å²) in [5.41, 5.74) is 0.978. The number of hydrogen-bond acceptors (Lipinski definition) is 3. The molecule has 0 aromatic carbocycles. The number of nitrogens with one attached hydrogen (secondary N) is 1. The molecule has 1 N–H and O–H groups in total. The largest absolute Gasteiger partial charge is 0.360 e. The Balaban J connectivity index is 1.33. The predicted molar refractivity (Wildman–Crippen MR) is 73.5 cm³/mol. The highest BCUT2D eigenvalue weighted by molar-refractivity contribution is 5.03. The van der Waals surface area contributed by atoms with E-state index in [0.717, 1.165) is 47.6 Å². The van der Waals surface area contributed by atoms with Crippen molar-refractivity contribution in [1.82, 2.24) is 10.5 Å². The number of hydrogen-bond donors (Lipinski definition) is 1. The first kappa shape index (κ1) is 12.0. The monoisotopic (exact) mass is 260 g/mol. The summed E-state index contributed by atoms with van der Waals surface area (Å²) in [7, 11) is 0. The molecule has 4 saturated carbocycles. The molecule has 0 amide bonds. The molecule has 4 aliphatic rings. The van der Waals surface area contributed by atoms with Gasteiger partial charge in [-0.3, -0.25) is 0 Å². The molecule has 4 bridgehead atoms. The van der Waals surface area contributed by atoms with Gasteiger partial charge in [-0.2, -0.15) is 0 Å². The second kappa shape index (κ2) is 4.62. The number of aromatic nitrogens is 1. The lowest BCUT2D eigenvalue weighted by atomic mass is 9.52. The molecule has 3 nitrogen and oxygen atoms in total. The molecule has 104 valence electrons. The Labute approximate surface area is 115 Å². The molecule has 19 heavy (non-hydrogen) atoms. The maximum absolute atomic E-state index is 5.26. The van der Waals surface area contributed by atoms with Crippen LogP contribution in [0, 0.1) is 36.5 Å². The fourth-order valence-corrected chi connectivity index (χ4v) is 5.23. The third-order valence-corrected chi connectivity index (χ3v) is 5.78. The van der Waals surface area contributed by atoms with Gasteiger partial charge < -0.3 is 9.84 Å². The third kappa shape index (κ3) is 2.22. The summed E-state index contributed by atoms with van der Waals surface area (Å²) in [6.07, 6.45) is 7.60. The zero-order chi connectivity index (χ0) is 12.8. The quantitative estimate of drug-likeness (QED) is 0.903. The van der Waals surface area contributed by atoms with Crippen LogP contribution in [0.1, 0.15) is 43.6 Å². The second-order valence-corrected chi connectivity index (χ2v) is 7.16. The van der Waals surface area contributed by atoms with E-state index in [-0.39, 0.29) is 0 Å². The Morgan fingerprint density at radius 3 is 2.42 bits per heavy atom. The molecule has 0 saturated heterocycles. The van der Waals surface area contributed by atoms with E-state index in [9.17, 15) is 0 Å². The Morgan fingerprint density at radius 2 is 1.84 bits per heavy atom. The number of nitrogens with zero attached hydrogens (tertiary/aromatic N) is 1. The van der Waals surface area contributed by atoms with Gasteiger partial charge >= 0.3 is 0 Å². The third-order valence-electron chi connectivity index (χ3n) is 5.78. The van der Waals surface area contributed by atoms with Crippen LogP contribution in [0.4, 0.5) is 0 Å². The number of aryl methyl sites for hydroxylation is 1. The van der Waals surface area contributed by atoms with Crippen molar-refractivity contribution in [1.29, 1.82) is 0 Å². The predicted octanol–water partition coefficient (Wildman–Crippen LogP) is 3.14. The Hall–Kier alpha value is -0.830. The Kier molecular flexibility index (Phi) is 2.91. The lowest BCUT2D eigenvalue weighted by Crippen LogP contribution is -2.48. The van der Waals surface area contributed by atoms with Crippen LogP contribution in [0.2, 0.25) is 0 Å². The van der Waals surface area contributed by atoms with Crippen molar-refractivity contribution in [2.24, 2.45) is 29.6 Å². The van der Waals surface area contributed by atoms with Crippen molar-refractivity contribution >= 4 is 0 Å². The molecule has 4 fully saturated rings. The van der Waals surface area contributed by atoms with Crippen molar-refractivity contribution in [2.75, 3.05) is 6.54 Å². The van der Waals surface area contributed by atoms with Gasteiger partial charge in [0.05, 0.1) is 12.2 Å². The molecule has 1 aromatic heterocycles. The fraction of sp³-hybridized carbons (Fsp3) is 0.812. The summed E-state index contributed by atoms with van der Waals surface area (Å²) >= 11 is 0. The van der Waals surface area contributed by atoms with Gasteiger partial charge in [0.25, 0.3) is 0 Å². The van der Waals surface area contributed by atoms with Crippen LogP contribution in [-0.2, 0) is 6.54 Å². The van der Waals surface area contributed by atoms with Crippen LogP contribution in [0.5, 0.6) is 0 Å². The molecule has 1 heterocycles. The van der Waals surface area contributed by atoms with Crippen LogP contribution in [0.15, 0.2) is 10.6 Å². The summed E-state index contributed by atoms with van der Waals surface area (Å²) in [6, 6.07) is 2.03. The van der Waals surface area contributed by atoms with Gasteiger partial charge in [-0.25, -0.2) is 0 Å². The molecule has 5 rings (SSSR count). The molecule has 0 spiro atoms. The lowest BCUT2D eigenvalue weighted by molar-refractivity contribution is -0.0357. The number of rotatable bonds is 4. The van der Waals surface area contributed by atoms with Gasteiger partial charge in [-0.15, -0.1) is 0 Å². The standard InChI is InChI=1S/C16H24N2O/c1-10-2-15(19-18-10)8-17-9-16-13-4-11-3-12(6-13)7-14(16)5-11/h2,11-14,16-17H,3-9H2,1H3. The normalized spacial score (nSPS) is 39.9. The van der Waals surface area contributed by atoms with Crippen molar-refractivity contribution in [3.8, 4) is 0 Å². The van der Waals surface area contributed by atoms with Gasteiger partial charge in [-0.1, -0.05) is 5.16 Å².